The third-order valence-electron chi connectivity index (χ3n) is 10.1. The van der Waals surface area contributed by atoms with Gasteiger partial charge in [0.25, 0.3) is 0 Å². The molecule has 0 amide bonds. The molecule has 2 N–H and O–H groups in total. The van der Waals surface area contributed by atoms with E-state index in [4.69, 9.17) is 23.7 Å². The maximum Gasteiger partial charge on any atom is 0.340 e. The number of methoxy groups -OCH3 is 4. The number of carbonyl (C=O) groups excluding carboxylic acids is 1. The zero-order valence-electron chi connectivity index (χ0n) is 33.0. The molecule has 288 valence electrons. The Morgan fingerprint density at radius 2 is 1.40 bits per heavy atom. The molecule has 0 saturated carbocycles. The quantitative estimate of drug-likeness (QED) is 0.0839. The third kappa shape index (κ3) is 7.93. The number of anilines is 3. The van der Waals surface area contributed by atoms with Crippen LogP contribution in [0.25, 0.3) is 5.57 Å². The first-order chi connectivity index (χ1) is 27.8. The number of para-hydroxylation sites is 1. The third-order valence-corrected chi connectivity index (χ3v) is 10.1. The van der Waals surface area contributed by atoms with E-state index in [1.807, 2.05) is 110 Å². The first-order valence-corrected chi connectivity index (χ1v) is 18.7. The average Bonchev–Trinajstić information content (AvgIpc) is 3.53. The van der Waals surface area contributed by atoms with Crippen LogP contribution in [0.5, 0.6) is 23.0 Å². The van der Waals surface area contributed by atoms with Crippen molar-refractivity contribution in [2.75, 3.05) is 39.1 Å². The minimum Gasteiger partial charge on any atom is -0.497 e. The van der Waals surface area contributed by atoms with Crippen LogP contribution in [0.1, 0.15) is 49.3 Å². The SMILES string of the molecule is COc1ccc(C2(C=CC=C(c3ccc(OC)c(OC)c3)c3ccc(C)cc3Nc3ccccc3)OC(=O)c3cc(C)cc(NCc4ccccc4)c32)c(OC)c1. The molecule has 1 atom stereocenters. The summed E-state index contributed by atoms with van der Waals surface area (Å²) >= 11 is 0. The van der Waals surface area contributed by atoms with Crippen molar-refractivity contribution >= 4 is 28.6 Å². The van der Waals surface area contributed by atoms with Crippen molar-refractivity contribution in [3.05, 3.63) is 190 Å². The van der Waals surface area contributed by atoms with Crippen molar-refractivity contribution in [2.24, 2.45) is 0 Å². The van der Waals surface area contributed by atoms with Crippen LogP contribution < -0.4 is 29.6 Å². The Morgan fingerprint density at radius 1 is 0.684 bits per heavy atom. The number of hydrogen-bond acceptors (Lipinski definition) is 8. The first-order valence-electron chi connectivity index (χ1n) is 18.7. The van der Waals surface area contributed by atoms with Crippen LogP contribution in [-0.2, 0) is 16.9 Å². The maximum atomic E-state index is 14.1. The van der Waals surface area contributed by atoms with Gasteiger partial charge >= 0.3 is 5.97 Å². The van der Waals surface area contributed by atoms with Crippen LogP contribution >= 0.6 is 0 Å². The van der Waals surface area contributed by atoms with Crippen molar-refractivity contribution in [1.29, 1.82) is 0 Å². The van der Waals surface area contributed by atoms with Crippen molar-refractivity contribution in [3.8, 4) is 23.0 Å². The molecule has 7 rings (SSSR count). The van der Waals surface area contributed by atoms with Crippen LogP contribution in [0.15, 0.2) is 146 Å². The van der Waals surface area contributed by atoms with E-state index in [2.05, 4.69) is 54.0 Å². The Labute approximate surface area is 334 Å². The van der Waals surface area contributed by atoms with Gasteiger partial charge in [0.05, 0.1) is 34.0 Å². The fourth-order valence-electron chi connectivity index (χ4n) is 7.33. The maximum absolute atomic E-state index is 14.1. The summed E-state index contributed by atoms with van der Waals surface area (Å²) in [6.45, 7) is 4.59. The predicted molar refractivity (Wildman–Crippen MR) is 227 cm³/mol. The molecule has 1 aliphatic rings. The molecule has 57 heavy (non-hydrogen) atoms. The molecule has 6 aromatic carbocycles. The molecule has 0 bridgehead atoms. The van der Waals surface area contributed by atoms with E-state index in [-0.39, 0.29) is 0 Å². The van der Waals surface area contributed by atoms with Gasteiger partial charge in [0.15, 0.2) is 17.1 Å². The standard InChI is InChI=1S/C49H46N2O6/c1-32-19-22-39(42(27-32)51-36-16-11-8-12-17-36)38(35-20-24-44(54-4)46(29-35)56-6)18-13-25-49(41-23-21-37(53-3)30-45(41)55-5)47-40(48(52)57-49)26-33(2)28-43(47)50-31-34-14-9-7-10-15-34/h7-30,50-51H,31H2,1-6H3. The number of hydrogen-bond donors (Lipinski definition) is 2. The number of cyclic esters (lactones) is 1. The second-order valence-corrected chi connectivity index (χ2v) is 13.8. The highest BCUT2D eigenvalue weighted by molar-refractivity contribution is 5.99. The number of aryl methyl sites for hydroxylation is 2. The van der Waals surface area contributed by atoms with Gasteiger partial charge in [-0.25, -0.2) is 4.79 Å². The van der Waals surface area contributed by atoms with Gasteiger partial charge in [0.2, 0.25) is 0 Å². The fourth-order valence-corrected chi connectivity index (χ4v) is 7.33. The molecule has 6 aromatic rings. The monoisotopic (exact) mass is 758 g/mol. The van der Waals surface area contributed by atoms with Crippen LogP contribution in [-0.4, -0.2) is 34.4 Å². The molecule has 1 aliphatic heterocycles. The number of ether oxygens (including phenoxy) is 5. The van der Waals surface area contributed by atoms with Gasteiger partial charge in [0, 0.05) is 46.4 Å². The molecule has 8 nitrogen and oxygen atoms in total. The highest BCUT2D eigenvalue weighted by Gasteiger charge is 2.49. The molecule has 0 saturated heterocycles. The van der Waals surface area contributed by atoms with Gasteiger partial charge in [-0.1, -0.05) is 78.9 Å². The first kappa shape index (κ1) is 38.3. The van der Waals surface area contributed by atoms with Crippen molar-refractivity contribution < 1.29 is 28.5 Å². The second kappa shape index (κ2) is 16.8. The van der Waals surface area contributed by atoms with Gasteiger partial charge in [-0.05, 0) is 102 Å². The van der Waals surface area contributed by atoms with Crippen LogP contribution in [0, 0.1) is 13.8 Å². The average molecular weight is 759 g/mol. The Morgan fingerprint density at radius 3 is 2.12 bits per heavy atom. The van der Waals surface area contributed by atoms with E-state index in [1.165, 1.54) is 0 Å². The minimum atomic E-state index is -1.39. The number of allylic oxidation sites excluding steroid dienone is 2. The summed E-state index contributed by atoms with van der Waals surface area (Å²) in [5.41, 5.74) is 8.92. The minimum absolute atomic E-state index is 0.434. The highest BCUT2D eigenvalue weighted by Crippen LogP contribution is 2.51. The molecule has 0 fully saturated rings. The lowest BCUT2D eigenvalue weighted by atomic mass is 9.82. The molecule has 1 unspecified atom stereocenters. The van der Waals surface area contributed by atoms with Gasteiger partial charge in [-0.3, -0.25) is 0 Å². The van der Waals surface area contributed by atoms with Gasteiger partial charge < -0.3 is 34.3 Å². The highest BCUT2D eigenvalue weighted by atomic mass is 16.6. The number of benzene rings is 6. The molecule has 8 heteroatoms. The molecule has 1 heterocycles. The molecule has 0 aromatic heterocycles. The Kier molecular flexibility index (Phi) is 11.3. The largest absolute Gasteiger partial charge is 0.497 e. The predicted octanol–water partition coefficient (Wildman–Crippen LogP) is 10.8. The van der Waals surface area contributed by atoms with E-state index in [0.717, 1.165) is 50.5 Å². The fraction of sp³-hybridized carbons (Fsp3) is 0.163. The van der Waals surface area contributed by atoms with Gasteiger partial charge in [-0.2, -0.15) is 0 Å². The van der Waals surface area contributed by atoms with E-state index >= 15 is 0 Å². The summed E-state index contributed by atoms with van der Waals surface area (Å²) in [5, 5.41) is 7.27. The number of esters is 1. The zero-order valence-corrected chi connectivity index (χ0v) is 33.0. The number of fused-ring (bicyclic) bond motifs is 1. The second-order valence-electron chi connectivity index (χ2n) is 13.8. The molecule has 0 spiro atoms. The molecule has 0 radical (unpaired) electrons. The summed E-state index contributed by atoms with van der Waals surface area (Å²) in [7, 11) is 6.46. The number of carbonyl (C=O) groups is 1. The lowest BCUT2D eigenvalue weighted by molar-refractivity contribution is 0.0270. The molecule has 0 aliphatic carbocycles. The summed E-state index contributed by atoms with van der Waals surface area (Å²) in [6.07, 6.45) is 5.92. The van der Waals surface area contributed by atoms with Crippen molar-refractivity contribution in [1.82, 2.24) is 0 Å². The number of nitrogens with one attached hydrogen (secondary N) is 2. The Hall–Kier alpha value is -6.93. The van der Waals surface area contributed by atoms with Gasteiger partial charge in [0.1, 0.15) is 11.5 Å². The topological polar surface area (TPSA) is 87.3 Å². The van der Waals surface area contributed by atoms with Crippen molar-refractivity contribution in [2.45, 2.75) is 26.0 Å². The summed E-state index contributed by atoms with van der Waals surface area (Å²) < 4.78 is 29.5. The summed E-state index contributed by atoms with van der Waals surface area (Å²) in [4.78, 5) is 14.1. The van der Waals surface area contributed by atoms with E-state index in [1.54, 1.807) is 34.5 Å². The Balaban J connectivity index is 1.45. The molecular weight excluding hydrogens is 713 g/mol. The van der Waals surface area contributed by atoms with Crippen LogP contribution in [0.2, 0.25) is 0 Å². The van der Waals surface area contributed by atoms with Crippen LogP contribution in [0.3, 0.4) is 0 Å². The van der Waals surface area contributed by atoms with Crippen LogP contribution in [0.4, 0.5) is 17.1 Å². The normalized spacial score (nSPS) is 14.8. The van der Waals surface area contributed by atoms with E-state index in [0.29, 0.717) is 46.2 Å². The zero-order chi connectivity index (χ0) is 39.9. The lowest BCUT2D eigenvalue weighted by Gasteiger charge is -2.30. The summed E-state index contributed by atoms with van der Waals surface area (Å²) in [5.74, 6) is 1.90. The number of rotatable bonds is 14. The smallest absolute Gasteiger partial charge is 0.340 e. The van der Waals surface area contributed by atoms with Crippen molar-refractivity contribution in [3.63, 3.8) is 0 Å². The van der Waals surface area contributed by atoms with Gasteiger partial charge in [-0.15, -0.1) is 0 Å². The Bertz CT molecular complexity index is 2460. The molecular formula is C49H46N2O6. The summed E-state index contributed by atoms with van der Waals surface area (Å²) in [6, 6.07) is 41.9. The van der Waals surface area contributed by atoms with E-state index < -0.39 is 11.6 Å². The lowest BCUT2D eigenvalue weighted by Crippen LogP contribution is -2.27. The van der Waals surface area contributed by atoms with E-state index in [9.17, 15) is 4.79 Å².